The zero-order valence-corrected chi connectivity index (χ0v) is 15.5. The monoisotopic (exact) mass is 356 g/mol. The van der Waals surface area contributed by atoms with Gasteiger partial charge in [0.25, 0.3) is 5.91 Å². The van der Waals surface area contributed by atoms with Gasteiger partial charge < -0.3 is 19.7 Å². The molecular weight excluding hydrogens is 332 g/mol. The van der Waals surface area contributed by atoms with Crippen LogP contribution >= 0.6 is 0 Å². The Hall–Kier alpha value is -3.02. The zero-order valence-electron chi connectivity index (χ0n) is 15.5. The van der Waals surface area contributed by atoms with E-state index < -0.39 is 0 Å². The first-order valence-electron chi connectivity index (χ1n) is 8.51. The molecule has 1 N–H and O–H groups in total. The minimum Gasteiger partial charge on any atom is -0.494 e. The lowest BCUT2D eigenvalue weighted by Gasteiger charge is -2.16. The molecule has 2 aromatic carbocycles. The molecule has 0 aliphatic heterocycles. The Labute approximate surface area is 153 Å². The maximum atomic E-state index is 12.7. The third kappa shape index (κ3) is 4.75. The molecule has 26 heavy (non-hydrogen) atoms. The van der Waals surface area contributed by atoms with Gasteiger partial charge in [-0.3, -0.25) is 9.59 Å². The summed E-state index contributed by atoms with van der Waals surface area (Å²) in [6.45, 7) is 6.21. The molecular formula is C20H24N2O4. The van der Waals surface area contributed by atoms with Crippen molar-refractivity contribution in [3.05, 3.63) is 48.0 Å². The van der Waals surface area contributed by atoms with Crippen molar-refractivity contribution >= 4 is 23.2 Å². The number of nitrogens with one attached hydrogen (secondary N) is 1. The van der Waals surface area contributed by atoms with Gasteiger partial charge in [-0.25, -0.2) is 0 Å². The highest BCUT2D eigenvalue weighted by Gasteiger charge is 2.15. The molecule has 0 saturated heterocycles. The summed E-state index contributed by atoms with van der Waals surface area (Å²) in [5, 5.41) is 2.84. The average molecular weight is 356 g/mol. The quantitative estimate of drug-likeness (QED) is 0.821. The third-order valence-corrected chi connectivity index (χ3v) is 3.77. The summed E-state index contributed by atoms with van der Waals surface area (Å²) < 4.78 is 11.0. The number of amides is 2. The number of hydrogen-bond acceptors (Lipinski definition) is 4. The summed E-state index contributed by atoms with van der Waals surface area (Å²) in [5.41, 5.74) is 1.71. The second-order valence-corrected chi connectivity index (χ2v) is 5.61. The smallest absolute Gasteiger partial charge is 0.259 e. The summed E-state index contributed by atoms with van der Waals surface area (Å²) in [5.74, 6) is 0.739. The lowest BCUT2D eigenvalue weighted by atomic mass is 10.1. The average Bonchev–Trinajstić information content (AvgIpc) is 2.62. The Morgan fingerprint density at radius 3 is 2.42 bits per heavy atom. The van der Waals surface area contributed by atoms with Crippen LogP contribution in [-0.4, -0.2) is 32.1 Å². The van der Waals surface area contributed by atoms with Crippen LogP contribution in [0.15, 0.2) is 42.5 Å². The second kappa shape index (κ2) is 8.89. The fraction of sp³-hybridized carbons (Fsp3) is 0.300. The Morgan fingerprint density at radius 1 is 1.04 bits per heavy atom. The van der Waals surface area contributed by atoms with Gasteiger partial charge in [0.1, 0.15) is 11.5 Å². The molecule has 2 rings (SSSR count). The van der Waals surface area contributed by atoms with Gasteiger partial charge in [0.15, 0.2) is 0 Å². The van der Waals surface area contributed by atoms with Crippen molar-refractivity contribution in [2.75, 3.05) is 30.5 Å². The standard InChI is InChI=1S/C20H24N2O4/c1-5-25-17-10-11-18(19(13-17)26-6-2)20(24)21-15-8-7-9-16(12-15)22(4)14(3)23/h7-13H,5-6H2,1-4H3,(H,21,24). The van der Waals surface area contributed by atoms with Gasteiger partial charge in [-0.15, -0.1) is 0 Å². The molecule has 0 unspecified atom stereocenters. The Morgan fingerprint density at radius 2 is 1.77 bits per heavy atom. The largest absolute Gasteiger partial charge is 0.494 e. The fourth-order valence-electron chi connectivity index (χ4n) is 2.39. The number of carbonyl (C=O) groups excluding carboxylic acids is 2. The number of anilines is 2. The summed E-state index contributed by atoms with van der Waals surface area (Å²) >= 11 is 0. The van der Waals surface area contributed by atoms with Crippen molar-refractivity contribution in [3.8, 4) is 11.5 Å². The number of ether oxygens (including phenoxy) is 2. The predicted octanol–water partition coefficient (Wildman–Crippen LogP) is 3.72. The molecule has 0 fully saturated rings. The summed E-state index contributed by atoms with van der Waals surface area (Å²) in [4.78, 5) is 25.7. The normalized spacial score (nSPS) is 10.2. The zero-order chi connectivity index (χ0) is 19.1. The minimum atomic E-state index is -0.292. The van der Waals surface area contributed by atoms with Crippen molar-refractivity contribution in [1.82, 2.24) is 0 Å². The van der Waals surface area contributed by atoms with Gasteiger partial charge in [0.2, 0.25) is 5.91 Å². The molecule has 6 heteroatoms. The van der Waals surface area contributed by atoms with E-state index in [-0.39, 0.29) is 11.8 Å². The number of carbonyl (C=O) groups is 2. The van der Waals surface area contributed by atoms with Crippen LogP contribution in [0.1, 0.15) is 31.1 Å². The molecule has 2 amide bonds. The van der Waals surface area contributed by atoms with E-state index in [9.17, 15) is 9.59 Å². The second-order valence-electron chi connectivity index (χ2n) is 5.61. The van der Waals surface area contributed by atoms with Crippen molar-refractivity contribution in [2.24, 2.45) is 0 Å². The SMILES string of the molecule is CCOc1ccc(C(=O)Nc2cccc(N(C)C(C)=O)c2)c(OCC)c1. The molecule has 0 aromatic heterocycles. The lowest BCUT2D eigenvalue weighted by molar-refractivity contribution is -0.116. The van der Waals surface area contributed by atoms with Gasteiger partial charge >= 0.3 is 0 Å². The van der Waals surface area contributed by atoms with Crippen LogP contribution in [0.4, 0.5) is 11.4 Å². The summed E-state index contributed by atoms with van der Waals surface area (Å²) in [6, 6.07) is 12.2. The van der Waals surface area contributed by atoms with Crippen LogP contribution in [0.3, 0.4) is 0 Å². The first kappa shape index (κ1) is 19.3. The first-order valence-corrected chi connectivity index (χ1v) is 8.51. The summed E-state index contributed by atoms with van der Waals surface area (Å²) in [6.07, 6.45) is 0. The van der Waals surface area contributed by atoms with Crippen LogP contribution in [0.25, 0.3) is 0 Å². The van der Waals surface area contributed by atoms with Crippen molar-refractivity contribution < 1.29 is 19.1 Å². The van der Waals surface area contributed by atoms with Crippen molar-refractivity contribution in [1.29, 1.82) is 0 Å². The fourth-order valence-corrected chi connectivity index (χ4v) is 2.39. The topological polar surface area (TPSA) is 67.9 Å². The molecule has 0 aliphatic carbocycles. The number of benzene rings is 2. The summed E-state index contributed by atoms with van der Waals surface area (Å²) in [7, 11) is 1.68. The van der Waals surface area contributed by atoms with E-state index in [0.29, 0.717) is 41.7 Å². The van der Waals surface area contributed by atoms with Crippen LogP contribution in [0, 0.1) is 0 Å². The van der Waals surface area contributed by atoms with E-state index >= 15 is 0 Å². The predicted molar refractivity (Wildman–Crippen MR) is 102 cm³/mol. The van der Waals surface area contributed by atoms with E-state index in [1.54, 1.807) is 49.5 Å². The van der Waals surface area contributed by atoms with E-state index in [0.717, 1.165) is 0 Å². The van der Waals surface area contributed by atoms with E-state index in [4.69, 9.17) is 9.47 Å². The number of nitrogens with zero attached hydrogens (tertiary/aromatic N) is 1. The molecule has 0 atom stereocenters. The highest BCUT2D eigenvalue weighted by molar-refractivity contribution is 6.06. The van der Waals surface area contributed by atoms with Gasteiger partial charge in [0.05, 0.1) is 18.8 Å². The van der Waals surface area contributed by atoms with Gasteiger partial charge in [0, 0.05) is 31.4 Å². The minimum absolute atomic E-state index is 0.0846. The van der Waals surface area contributed by atoms with Gasteiger partial charge in [-0.2, -0.15) is 0 Å². The molecule has 0 aliphatic rings. The lowest BCUT2D eigenvalue weighted by Crippen LogP contribution is -2.23. The van der Waals surface area contributed by atoms with Crippen LogP contribution < -0.4 is 19.7 Å². The molecule has 0 spiro atoms. The maximum absolute atomic E-state index is 12.7. The molecule has 0 bridgehead atoms. The maximum Gasteiger partial charge on any atom is 0.259 e. The Bertz CT molecular complexity index is 789. The molecule has 0 radical (unpaired) electrons. The molecule has 0 heterocycles. The number of rotatable bonds is 7. The third-order valence-electron chi connectivity index (χ3n) is 3.77. The molecule has 0 saturated carbocycles. The molecule has 2 aromatic rings. The van der Waals surface area contributed by atoms with Crippen molar-refractivity contribution in [3.63, 3.8) is 0 Å². The van der Waals surface area contributed by atoms with Gasteiger partial charge in [-0.1, -0.05) is 6.07 Å². The van der Waals surface area contributed by atoms with Crippen LogP contribution in [-0.2, 0) is 4.79 Å². The van der Waals surface area contributed by atoms with Crippen LogP contribution in [0.5, 0.6) is 11.5 Å². The highest BCUT2D eigenvalue weighted by atomic mass is 16.5. The highest BCUT2D eigenvalue weighted by Crippen LogP contribution is 2.27. The first-order chi connectivity index (χ1) is 12.5. The van der Waals surface area contributed by atoms with E-state index in [1.165, 1.54) is 11.8 Å². The van der Waals surface area contributed by atoms with Crippen molar-refractivity contribution in [2.45, 2.75) is 20.8 Å². The van der Waals surface area contributed by atoms with E-state index in [2.05, 4.69) is 5.32 Å². The molecule has 6 nitrogen and oxygen atoms in total. The van der Waals surface area contributed by atoms with Crippen LogP contribution in [0.2, 0.25) is 0 Å². The van der Waals surface area contributed by atoms with E-state index in [1.807, 2.05) is 13.8 Å². The Balaban J connectivity index is 2.24. The Kier molecular flexibility index (Phi) is 6.60. The number of hydrogen-bond donors (Lipinski definition) is 1. The van der Waals surface area contributed by atoms with Gasteiger partial charge in [-0.05, 0) is 44.2 Å². The molecule has 138 valence electrons.